The van der Waals surface area contributed by atoms with Gasteiger partial charge in [-0.1, -0.05) is 54.1 Å². The predicted octanol–water partition coefficient (Wildman–Crippen LogP) is 5.95. The Bertz CT molecular complexity index is 1080. The van der Waals surface area contributed by atoms with E-state index in [-0.39, 0.29) is 0 Å². The van der Waals surface area contributed by atoms with Crippen molar-refractivity contribution in [2.75, 3.05) is 10.6 Å². The first kappa shape index (κ1) is 17.3. The Labute approximate surface area is 163 Å². The highest BCUT2D eigenvalue weighted by Gasteiger charge is 2.09. The van der Waals surface area contributed by atoms with Crippen LogP contribution in [0.5, 0.6) is 0 Å². The van der Waals surface area contributed by atoms with Gasteiger partial charge < -0.3 is 10.6 Å². The molecule has 0 saturated heterocycles. The highest BCUT2D eigenvalue weighted by molar-refractivity contribution is 6.30. The first-order valence-corrected chi connectivity index (χ1v) is 9.14. The molecule has 0 unspecified atom stereocenters. The lowest BCUT2D eigenvalue weighted by molar-refractivity contribution is 1.10. The second kappa shape index (κ2) is 7.64. The third kappa shape index (κ3) is 4.01. The summed E-state index contributed by atoms with van der Waals surface area (Å²) in [5.41, 5.74) is 4.06. The zero-order valence-electron chi connectivity index (χ0n) is 14.9. The second-order valence-corrected chi connectivity index (χ2v) is 6.77. The Kier molecular flexibility index (Phi) is 4.90. The van der Waals surface area contributed by atoms with Gasteiger partial charge in [0.05, 0.1) is 5.52 Å². The monoisotopic (exact) mass is 374 g/mol. The van der Waals surface area contributed by atoms with Gasteiger partial charge in [0.2, 0.25) is 5.95 Å². The lowest BCUT2D eigenvalue weighted by Gasteiger charge is -2.13. The fourth-order valence-electron chi connectivity index (χ4n) is 2.94. The smallest absolute Gasteiger partial charge is 0.229 e. The van der Waals surface area contributed by atoms with Crippen LogP contribution in [0.2, 0.25) is 5.02 Å². The molecule has 1 heterocycles. The summed E-state index contributed by atoms with van der Waals surface area (Å²) in [4.78, 5) is 9.36. The zero-order chi connectivity index (χ0) is 18.6. The van der Waals surface area contributed by atoms with Crippen molar-refractivity contribution in [3.8, 4) is 0 Å². The topological polar surface area (TPSA) is 49.8 Å². The molecule has 0 atom stereocenters. The number of fused-ring (bicyclic) bond motifs is 1. The van der Waals surface area contributed by atoms with E-state index in [1.807, 2.05) is 67.6 Å². The Hall–Kier alpha value is -3.11. The summed E-state index contributed by atoms with van der Waals surface area (Å²) in [6.45, 7) is 2.70. The molecule has 0 aliphatic carbocycles. The van der Waals surface area contributed by atoms with Crippen LogP contribution in [0.4, 0.5) is 17.5 Å². The Morgan fingerprint density at radius 1 is 0.889 bits per heavy atom. The van der Waals surface area contributed by atoms with Gasteiger partial charge in [0.25, 0.3) is 0 Å². The summed E-state index contributed by atoms with van der Waals surface area (Å²) in [6, 6.07) is 24.0. The summed E-state index contributed by atoms with van der Waals surface area (Å²) in [7, 11) is 0. The summed E-state index contributed by atoms with van der Waals surface area (Å²) in [5, 5.41) is 8.45. The van der Waals surface area contributed by atoms with E-state index in [4.69, 9.17) is 16.6 Å². The molecule has 0 spiro atoms. The number of aromatic nitrogens is 2. The summed E-state index contributed by atoms with van der Waals surface area (Å²) < 4.78 is 0. The molecule has 0 fully saturated rings. The minimum atomic E-state index is 0.551. The van der Waals surface area contributed by atoms with Crippen molar-refractivity contribution < 1.29 is 0 Å². The molecule has 1 aromatic heterocycles. The van der Waals surface area contributed by atoms with Crippen LogP contribution in [0.15, 0.2) is 72.8 Å². The van der Waals surface area contributed by atoms with Crippen molar-refractivity contribution in [1.82, 2.24) is 9.97 Å². The van der Waals surface area contributed by atoms with E-state index in [2.05, 4.69) is 27.8 Å². The maximum absolute atomic E-state index is 6.05. The van der Waals surface area contributed by atoms with E-state index in [1.54, 1.807) is 0 Å². The number of hydrogen-bond donors (Lipinski definition) is 2. The quantitative estimate of drug-likeness (QED) is 0.453. The molecule has 27 heavy (non-hydrogen) atoms. The highest BCUT2D eigenvalue weighted by Crippen LogP contribution is 2.26. The second-order valence-electron chi connectivity index (χ2n) is 6.34. The van der Waals surface area contributed by atoms with Gasteiger partial charge in [-0.3, -0.25) is 0 Å². The molecule has 0 amide bonds. The summed E-state index contributed by atoms with van der Waals surface area (Å²) in [6.07, 6.45) is 0. The van der Waals surface area contributed by atoms with E-state index in [0.717, 1.165) is 28.0 Å². The molecule has 4 aromatic rings. The molecule has 0 radical (unpaired) electrons. The van der Waals surface area contributed by atoms with Crippen LogP contribution in [0, 0.1) is 6.92 Å². The molecule has 134 valence electrons. The first-order chi connectivity index (χ1) is 13.2. The van der Waals surface area contributed by atoms with Crippen LogP contribution in [-0.2, 0) is 6.54 Å². The number of hydrogen-bond acceptors (Lipinski definition) is 4. The van der Waals surface area contributed by atoms with Crippen LogP contribution in [-0.4, -0.2) is 9.97 Å². The van der Waals surface area contributed by atoms with Gasteiger partial charge in [0.15, 0.2) is 0 Å². The van der Waals surface area contributed by atoms with Gasteiger partial charge in [-0.25, -0.2) is 4.98 Å². The van der Waals surface area contributed by atoms with Crippen LogP contribution in [0.1, 0.15) is 11.1 Å². The van der Waals surface area contributed by atoms with E-state index < -0.39 is 0 Å². The largest absolute Gasteiger partial charge is 0.365 e. The van der Waals surface area contributed by atoms with Gasteiger partial charge in [-0.15, -0.1) is 0 Å². The SMILES string of the molecule is Cc1cc(Cl)ccc1Nc1nc(NCc2ccccc2)c2ccccc2n1. The fraction of sp³-hybridized carbons (Fsp3) is 0.0909. The van der Waals surface area contributed by atoms with Crippen LogP contribution in [0.25, 0.3) is 10.9 Å². The van der Waals surface area contributed by atoms with Crippen molar-refractivity contribution in [3.05, 3.63) is 88.9 Å². The Balaban J connectivity index is 1.67. The van der Waals surface area contributed by atoms with E-state index in [0.29, 0.717) is 17.5 Å². The van der Waals surface area contributed by atoms with Crippen molar-refractivity contribution in [2.45, 2.75) is 13.5 Å². The maximum atomic E-state index is 6.05. The Morgan fingerprint density at radius 2 is 1.67 bits per heavy atom. The van der Waals surface area contributed by atoms with Gasteiger partial charge in [0.1, 0.15) is 5.82 Å². The third-order valence-corrected chi connectivity index (χ3v) is 4.58. The number of para-hydroxylation sites is 1. The van der Waals surface area contributed by atoms with Crippen LogP contribution < -0.4 is 10.6 Å². The van der Waals surface area contributed by atoms with E-state index >= 15 is 0 Å². The molecule has 2 N–H and O–H groups in total. The van der Waals surface area contributed by atoms with Crippen molar-refractivity contribution >= 4 is 40.0 Å². The number of rotatable bonds is 5. The van der Waals surface area contributed by atoms with Gasteiger partial charge >= 0.3 is 0 Å². The summed E-state index contributed by atoms with van der Waals surface area (Å²) in [5.74, 6) is 1.35. The number of halogens is 1. The molecule has 5 heteroatoms. The van der Waals surface area contributed by atoms with E-state index in [9.17, 15) is 0 Å². The third-order valence-electron chi connectivity index (χ3n) is 4.34. The van der Waals surface area contributed by atoms with E-state index in [1.165, 1.54) is 5.56 Å². The molecule has 0 bridgehead atoms. The predicted molar refractivity (Wildman–Crippen MR) is 113 cm³/mol. The molecule has 3 aromatic carbocycles. The standard InChI is InChI=1S/C22H19ClN4/c1-15-13-17(23)11-12-19(15)25-22-26-20-10-6-5-9-18(20)21(27-22)24-14-16-7-3-2-4-8-16/h2-13H,14H2,1H3,(H2,24,25,26,27). The zero-order valence-corrected chi connectivity index (χ0v) is 15.7. The molecule has 4 nitrogen and oxygen atoms in total. The van der Waals surface area contributed by atoms with Crippen LogP contribution in [0.3, 0.4) is 0 Å². The lowest BCUT2D eigenvalue weighted by Crippen LogP contribution is -2.06. The Morgan fingerprint density at radius 3 is 2.48 bits per heavy atom. The van der Waals surface area contributed by atoms with Gasteiger partial charge in [-0.05, 0) is 48.4 Å². The maximum Gasteiger partial charge on any atom is 0.229 e. The van der Waals surface area contributed by atoms with Crippen molar-refractivity contribution in [3.63, 3.8) is 0 Å². The minimum Gasteiger partial charge on any atom is -0.365 e. The molecular formula is C22H19ClN4. The number of benzene rings is 3. The lowest BCUT2D eigenvalue weighted by atomic mass is 10.2. The van der Waals surface area contributed by atoms with Gasteiger partial charge in [-0.2, -0.15) is 4.98 Å². The number of aryl methyl sites for hydroxylation is 1. The summed E-state index contributed by atoms with van der Waals surface area (Å²) >= 11 is 6.05. The fourth-order valence-corrected chi connectivity index (χ4v) is 3.16. The molecule has 0 aliphatic heterocycles. The molecular weight excluding hydrogens is 356 g/mol. The number of nitrogens with one attached hydrogen (secondary N) is 2. The van der Waals surface area contributed by atoms with Crippen molar-refractivity contribution in [2.24, 2.45) is 0 Å². The normalized spacial score (nSPS) is 10.7. The average Bonchev–Trinajstić information content (AvgIpc) is 2.69. The minimum absolute atomic E-state index is 0.551. The highest BCUT2D eigenvalue weighted by atomic mass is 35.5. The van der Waals surface area contributed by atoms with Gasteiger partial charge in [0, 0.05) is 22.6 Å². The van der Waals surface area contributed by atoms with Crippen molar-refractivity contribution in [1.29, 1.82) is 0 Å². The first-order valence-electron chi connectivity index (χ1n) is 8.77. The average molecular weight is 375 g/mol. The molecule has 0 saturated carbocycles. The van der Waals surface area contributed by atoms with Crippen LogP contribution >= 0.6 is 11.6 Å². The molecule has 0 aliphatic rings. The molecule has 4 rings (SSSR count). The number of anilines is 3. The number of nitrogens with zero attached hydrogens (tertiary/aromatic N) is 2.